The Bertz CT molecular complexity index is 963. The van der Waals surface area contributed by atoms with E-state index in [-0.39, 0.29) is 11.8 Å². The fourth-order valence-corrected chi connectivity index (χ4v) is 3.07. The van der Waals surface area contributed by atoms with Crippen molar-refractivity contribution in [2.24, 2.45) is 5.92 Å². The van der Waals surface area contributed by atoms with E-state index < -0.39 is 0 Å². The molecule has 0 atom stereocenters. The molecule has 4 rings (SSSR count). The molecule has 0 bridgehead atoms. The summed E-state index contributed by atoms with van der Waals surface area (Å²) in [6, 6.07) is 10.2. The Hall–Kier alpha value is -2.95. The van der Waals surface area contributed by atoms with E-state index in [1.807, 2.05) is 31.4 Å². The van der Waals surface area contributed by atoms with Crippen LogP contribution in [0.15, 0.2) is 42.7 Å². The number of anilines is 2. The van der Waals surface area contributed by atoms with Crippen molar-refractivity contribution in [2.75, 3.05) is 17.7 Å². The molecule has 2 N–H and O–H groups in total. The molecule has 1 aliphatic carbocycles. The van der Waals surface area contributed by atoms with Crippen LogP contribution in [0.4, 0.5) is 11.6 Å². The molecular formula is C20H20N4O. The number of benzene rings is 1. The van der Waals surface area contributed by atoms with Crippen LogP contribution in [0.3, 0.4) is 0 Å². The highest BCUT2D eigenvalue weighted by atomic mass is 16.2. The molecular weight excluding hydrogens is 312 g/mol. The molecule has 1 amide bonds. The zero-order valence-corrected chi connectivity index (χ0v) is 14.3. The van der Waals surface area contributed by atoms with Gasteiger partial charge in [0.05, 0.1) is 0 Å². The van der Waals surface area contributed by atoms with E-state index in [1.165, 1.54) is 5.56 Å². The molecule has 0 unspecified atom stereocenters. The lowest BCUT2D eigenvalue weighted by Gasteiger charge is -2.13. The van der Waals surface area contributed by atoms with Crippen LogP contribution < -0.4 is 10.6 Å². The van der Waals surface area contributed by atoms with E-state index in [1.54, 1.807) is 6.20 Å². The van der Waals surface area contributed by atoms with Gasteiger partial charge in [0.2, 0.25) is 5.91 Å². The zero-order valence-electron chi connectivity index (χ0n) is 14.3. The first kappa shape index (κ1) is 15.6. The minimum Gasteiger partial charge on any atom is -0.373 e. The van der Waals surface area contributed by atoms with Gasteiger partial charge in [0.1, 0.15) is 11.6 Å². The SMILES string of the molecule is CNc1ncc(-c2ccccc2C)c2cc(NC(=O)C3CC3)ncc12. The largest absolute Gasteiger partial charge is 0.373 e. The number of nitrogens with one attached hydrogen (secondary N) is 2. The zero-order chi connectivity index (χ0) is 17.4. The van der Waals surface area contributed by atoms with E-state index in [4.69, 9.17) is 0 Å². The maximum atomic E-state index is 12.1. The van der Waals surface area contributed by atoms with Crippen molar-refractivity contribution in [3.8, 4) is 11.1 Å². The molecule has 1 saturated carbocycles. The molecule has 2 heterocycles. The number of carbonyl (C=O) groups is 1. The number of carbonyl (C=O) groups excluding carboxylic acids is 1. The van der Waals surface area contributed by atoms with Gasteiger partial charge in [-0.05, 0) is 42.3 Å². The maximum Gasteiger partial charge on any atom is 0.228 e. The summed E-state index contributed by atoms with van der Waals surface area (Å²) in [5.41, 5.74) is 3.35. The second kappa shape index (κ2) is 6.16. The molecule has 25 heavy (non-hydrogen) atoms. The van der Waals surface area contributed by atoms with Crippen LogP contribution >= 0.6 is 0 Å². The third-order valence-corrected chi connectivity index (χ3v) is 4.64. The Morgan fingerprint density at radius 2 is 1.88 bits per heavy atom. The summed E-state index contributed by atoms with van der Waals surface area (Å²) in [5, 5.41) is 8.01. The number of rotatable bonds is 4. The summed E-state index contributed by atoms with van der Waals surface area (Å²) in [6.07, 6.45) is 5.60. The fraction of sp³-hybridized carbons (Fsp3) is 0.250. The van der Waals surface area contributed by atoms with Gasteiger partial charge < -0.3 is 10.6 Å². The number of fused-ring (bicyclic) bond motifs is 1. The number of pyridine rings is 2. The smallest absolute Gasteiger partial charge is 0.228 e. The summed E-state index contributed by atoms with van der Waals surface area (Å²) in [4.78, 5) is 21.0. The summed E-state index contributed by atoms with van der Waals surface area (Å²) < 4.78 is 0. The van der Waals surface area contributed by atoms with Crippen molar-refractivity contribution >= 4 is 28.3 Å². The van der Waals surface area contributed by atoms with E-state index >= 15 is 0 Å². The summed E-state index contributed by atoms with van der Waals surface area (Å²) in [7, 11) is 1.85. The lowest BCUT2D eigenvalue weighted by molar-refractivity contribution is -0.117. The first-order valence-electron chi connectivity index (χ1n) is 8.50. The lowest BCUT2D eigenvalue weighted by Crippen LogP contribution is -2.14. The van der Waals surface area contributed by atoms with Gasteiger partial charge in [-0.15, -0.1) is 0 Å². The number of aromatic nitrogens is 2. The van der Waals surface area contributed by atoms with E-state index in [0.717, 1.165) is 40.6 Å². The Balaban J connectivity index is 1.86. The van der Waals surface area contributed by atoms with Crippen LogP contribution in [0, 0.1) is 12.8 Å². The van der Waals surface area contributed by atoms with Gasteiger partial charge in [-0.1, -0.05) is 24.3 Å². The van der Waals surface area contributed by atoms with Gasteiger partial charge in [0.15, 0.2) is 0 Å². The molecule has 3 aromatic rings. The number of amides is 1. The summed E-state index contributed by atoms with van der Waals surface area (Å²) >= 11 is 0. The predicted molar refractivity (Wildman–Crippen MR) is 101 cm³/mol. The second-order valence-electron chi connectivity index (χ2n) is 6.46. The monoisotopic (exact) mass is 332 g/mol. The van der Waals surface area contributed by atoms with Gasteiger partial charge >= 0.3 is 0 Å². The van der Waals surface area contributed by atoms with Gasteiger partial charge in [0, 0.05) is 36.3 Å². The molecule has 2 aromatic heterocycles. The van der Waals surface area contributed by atoms with Crippen LogP contribution in [-0.2, 0) is 4.79 Å². The van der Waals surface area contributed by atoms with Gasteiger partial charge in [-0.25, -0.2) is 9.97 Å². The summed E-state index contributed by atoms with van der Waals surface area (Å²) in [6.45, 7) is 2.09. The van der Waals surface area contributed by atoms with Crippen LogP contribution in [0.25, 0.3) is 21.9 Å². The van der Waals surface area contributed by atoms with E-state index in [2.05, 4.69) is 39.7 Å². The second-order valence-corrected chi connectivity index (χ2v) is 6.46. The highest BCUT2D eigenvalue weighted by molar-refractivity contribution is 6.04. The van der Waals surface area contributed by atoms with Crippen LogP contribution in [0.1, 0.15) is 18.4 Å². The third-order valence-electron chi connectivity index (χ3n) is 4.64. The molecule has 0 radical (unpaired) electrons. The van der Waals surface area contributed by atoms with E-state index in [0.29, 0.717) is 5.82 Å². The van der Waals surface area contributed by atoms with Crippen molar-refractivity contribution in [3.05, 3.63) is 48.3 Å². The van der Waals surface area contributed by atoms with Gasteiger partial charge in [-0.3, -0.25) is 4.79 Å². The standard InChI is InChI=1S/C20H20N4O/c1-12-5-3-4-6-14(12)16-10-23-19(21-2)17-11-22-18(9-15(16)17)24-20(25)13-7-8-13/h3-6,9-11,13H,7-8H2,1-2H3,(H,21,23)(H,22,24,25). The Kier molecular flexibility index (Phi) is 3.84. The van der Waals surface area contributed by atoms with Gasteiger partial charge in [-0.2, -0.15) is 0 Å². The Labute approximate surface area is 146 Å². The van der Waals surface area contributed by atoms with Crippen LogP contribution in [-0.4, -0.2) is 22.9 Å². The number of aryl methyl sites for hydroxylation is 1. The number of hydrogen-bond acceptors (Lipinski definition) is 4. The molecule has 1 aromatic carbocycles. The maximum absolute atomic E-state index is 12.1. The van der Waals surface area contributed by atoms with Gasteiger partial charge in [0.25, 0.3) is 0 Å². The molecule has 0 aliphatic heterocycles. The van der Waals surface area contributed by atoms with E-state index in [9.17, 15) is 4.79 Å². The fourth-order valence-electron chi connectivity index (χ4n) is 3.07. The average Bonchev–Trinajstić information content (AvgIpc) is 3.46. The van der Waals surface area contributed by atoms with Crippen LogP contribution in [0.2, 0.25) is 0 Å². The molecule has 0 saturated heterocycles. The predicted octanol–water partition coefficient (Wildman–Crippen LogP) is 4.00. The normalized spacial score (nSPS) is 13.7. The molecule has 5 heteroatoms. The first-order chi connectivity index (χ1) is 12.2. The molecule has 1 fully saturated rings. The van der Waals surface area contributed by atoms with Crippen molar-refractivity contribution in [3.63, 3.8) is 0 Å². The summed E-state index contributed by atoms with van der Waals surface area (Å²) in [5.74, 6) is 1.58. The minimum absolute atomic E-state index is 0.0622. The van der Waals surface area contributed by atoms with Crippen LogP contribution in [0.5, 0.6) is 0 Å². The van der Waals surface area contributed by atoms with Crippen molar-refractivity contribution in [2.45, 2.75) is 19.8 Å². The molecule has 126 valence electrons. The van der Waals surface area contributed by atoms with Crippen molar-refractivity contribution < 1.29 is 4.79 Å². The molecule has 1 aliphatic rings. The Morgan fingerprint density at radius 1 is 1.08 bits per heavy atom. The number of nitrogens with zero attached hydrogens (tertiary/aromatic N) is 2. The molecule has 0 spiro atoms. The average molecular weight is 332 g/mol. The third kappa shape index (κ3) is 2.93. The topological polar surface area (TPSA) is 66.9 Å². The highest BCUT2D eigenvalue weighted by Crippen LogP contribution is 2.35. The lowest BCUT2D eigenvalue weighted by atomic mass is 9.97. The quantitative estimate of drug-likeness (QED) is 0.758. The van der Waals surface area contributed by atoms with Crippen molar-refractivity contribution in [1.29, 1.82) is 0 Å². The first-order valence-corrected chi connectivity index (χ1v) is 8.50. The molecule has 5 nitrogen and oxygen atoms in total. The highest BCUT2D eigenvalue weighted by Gasteiger charge is 2.29. The minimum atomic E-state index is 0.0622. The number of hydrogen-bond donors (Lipinski definition) is 2. The Morgan fingerprint density at radius 3 is 2.60 bits per heavy atom. The van der Waals surface area contributed by atoms with Crippen molar-refractivity contribution in [1.82, 2.24) is 9.97 Å².